The summed E-state index contributed by atoms with van der Waals surface area (Å²) in [5.41, 5.74) is 1.50. The van der Waals surface area contributed by atoms with Gasteiger partial charge in [0, 0.05) is 55.1 Å². The number of sulfonamides is 1. The standard InChI is InChI=1S/C24H32N4O5S/c1-17-12-28(18(2)15-29)34(31,32)24-8-7-20(6-5-19(3)30)9-22(24)33-23(17)14-27(4)13-21-10-25-16-26-11-21/h7-11,16-19,23,29-30H,12-15H2,1-4H3/t17-,18-,19+,23+/m0/s1. The van der Waals surface area contributed by atoms with E-state index < -0.39 is 22.2 Å². The van der Waals surface area contributed by atoms with Gasteiger partial charge in [-0.25, -0.2) is 18.4 Å². The summed E-state index contributed by atoms with van der Waals surface area (Å²) in [6.07, 6.45) is 3.85. The fourth-order valence-corrected chi connectivity index (χ4v) is 5.63. The SMILES string of the molecule is C[C@@H](O)C#Cc1ccc2c(c1)O[C@H](CN(C)Cc1cncnc1)[C@@H](C)CN([C@@H](C)CO)S2(=O)=O. The first-order valence-electron chi connectivity index (χ1n) is 11.2. The lowest BCUT2D eigenvalue weighted by molar-refractivity contribution is 0.0733. The second-order valence-electron chi connectivity index (χ2n) is 8.79. The number of ether oxygens (including phenoxy) is 1. The highest BCUT2D eigenvalue weighted by Crippen LogP contribution is 2.34. The van der Waals surface area contributed by atoms with Crippen LogP contribution in [-0.2, 0) is 16.6 Å². The Kier molecular flexibility index (Phi) is 8.62. The van der Waals surface area contributed by atoms with Crippen LogP contribution in [0.3, 0.4) is 0 Å². The van der Waals surface area contributed by atoms with Gasteiger partial charge in [-0.1, -0.05) is 18.8 Å². The smallest absolute Gasteiger partial charge is 0.247 e. The van der Waals surface area contributed by atoms with E-state index in [0.717, 1.165) is 5.56 Å². The third-order valence-corrected chi connectivity index (χ3v) is 7.67. The number of nitrogens with zero attached hydrogens (tertiary/aromatic N) is 4. The van der Waals surface area contributed by atoms with Gasteiger partial charge < -0.3 is 14.9 Å². The van der Waals surface area contributed by atoms with E-state index in [-0.39, 0.29) is 35.8 Å². The van der Waals surface area contributed by atoms with Gasteiger partial charge in [-0.3, -0.25) is 4.90 Å². The molecular formula is C24H32N4O5S. The summed E-state index contributed by atoms with van der Waals surface area (Å²) >= 11 is 0. The van der Waals surface area contributed by atoms with Crippen LogP contribution in [0.15, 0.2) is 41.8 Å². The average molecular weight is 489 g/mol. The molecule has 4 atom stereocenters. The van der Waals surface area contributed by atoms with E-state index in [0.29, 0.717) is 18.7 Å². The minimum Gasteiger partial charge on any atom is -0.487 e. The Balaban J connectivity index is 1.99. The number of rotatable bonds is 6. The Bertz CT molecular complexity index is 1130. The Hall–Kier alpha value is -2.55. The molecule has 184 valence electrons. The number of likely N-dealkylation sites (N-methyl/N-ethyl adjacent to an activating group) is 1. The van der Waals surface area contributed by atoms with Crippen molar-refractivity contribution < 1.29 is 23.4 Å². The molecule has 1 aliphatic heterocycles. The zero-order chi connectivity index (χ0) is 24.9. The number of fused-ring (bicyclic) bond motifs is 1. The first-order chi connectivity index (χ1) is 16.1. The van der Waals surface area contributed by atoms with Gasteiger partial charge in [0.05, 0.1) is 6.61 Å². The van der Waals surface area contributed by atoms with Crippen LogP contribution >= 0.6 is 0 Å². The van der Waals surface area contributed by atoms with E-state index in [2.05, 4.69) is 26.7 Å². The fraction of sp³-hybridized carbons (Fsp3) is 0.500. The molecule has 1 aromatic carbocycles. The van der Waals surface area contributed by atoms with E-state index in [4.69, 9.17) is 4.74 Å². The summed E-state index contributed by atoms with van der Waals surface area (Å²) in [6.45, 7) is 6.24. The molecule has 2 N–H and O–H groups in total. The molecule has 0 fully saturated rings. The lowest BCUT2D eigenvalue weighted by Gasteiger charge is -2.37. The highest BCUT2D eigenvalue weighted by molar-refractivity contribution is 7.89. The van der Waals surface area contributed by atoms with Crippen LogP contribution in [-0.4, -0.2) is 82.8 Å². The molecule has 0 aliphatic carbocycles. The second-order valence-corrected chi connectivity index (χ2v) is 10.6. The van der Waals surface area contributed by atoms with Gasteiger partial charge in [0.15, 0.2) is 0 Å². The molecule has 1 aliphatic rings. The van der Waals surface area contributed by atoms with Crippen LogP contribution in [0.5, 0.6) is 5.75 Å². The molecule has 2 heterocycles. The monoisotopic (exact) mass is 488 g/mol. The van der Waals surface area contributed by atoms with Crippen molar-refractivity contribution in [2.24, 2.45) is 5.92 Å². The van der Waals surface area contributed by atoms with Crippen molar-refractivity contribution in [3.05, 3.63) is 48.0 Å². The van der Waals surface area contributed by atoms with Crippen molar-refractivity contribution in [3.8, 4) is 17.6 Å². The summed E-state index contributed by atoms with van der Waals surface area (Å²) in [7, 11) is -1.96. The molecule has 0 amide bonds. The maximum Gasteiger partial charge on any atom is 0.247 e. The van der Waals surface area contributed by atoms with E-state index in [1.807, 2.05) is 14.0 Å². The minimum absolute atomic E-state index is 0.0337. The number of benzene rings is 1. The van der Waals surface area contributed by atoms with Crippen LogP contribution in [0.2, 0.25) is 0 Å². The normalized spacial score (nSPS) is 21.9. The first kappa shape index (κ1) is 26.1. The van der Waals surface area contributed by atoms with Gasteiger partial charge in [-0.05, 0) is 39.1 Å². The number of aliphatic hydroxyl groups is 2. The summed E-state index contributed by atoms with van der Waals surface area (Å²) in [5, 5.41) is 19.2. The second kappa shape index (κ2) is 11.3. The van der Waals surface area contributed by atoms with Crippen LogP contribution in [0.4, 0.5) is 0 Å². The quantitative estimate of drug-likeness (QED) is 0.581. The molecule has 0 spiro atoms. The van der Waals surface area contributed by atoms with Gasteiger partial charge in [0.2, 0.25) is 10.0 Å². The molecule has 1 aromatic heterocycles. The summed E-state index contributed by atoms with van der Waals surface area (Å²) < 4.78 is 34.7. The molecule has 9 nitrogen and oxygen atoms in total. The van der Waals surface area contributed by atoms with Crippen molar-refractivity contribution in [1.82, 2.24) is 19.2 Å². The van der Waals surface area contributed by atoms with Crippen LogP contribution < -0.4 is 4.74 Å². The number of aromatic nitrogens is 2. The Morgan fingerprint density at radius 3 is 2.65 bits per heavy atom. The highest BCUT2D eigenvalue weighted by atomic mass is 32.2. The maximum absolute atomic E-state index is 13.5. The van der Waals surface area contributed by atoms with Crippen molar-refractivity contribution in [2.75, 3.05) is 26.7 Å². The van der Waals surface area contributed by atoms with E-state index in [9.17, 15) is 18.6 Å². The molecule has 3 rings (SSSR count). The van der Waals surface area contributed by atoms with Gasteiger partial charge in [0.1, 0.15) is 29.2 Å². The third kappa shape index (κ3) is 6.31. The highest BCUT2D eigenvalue weighted by Gasteiger charge is 2.38. The lowest BCUT2D eigenvalue weighted by Crippen LogP contribution is -2.49. The van der Waals surface area contributed by atoms with Gasteiger partial charge in [-0.15, -0.1) is 0 Å². The fourth-order valence-electron chi connectivity index (χ4n) is 3.80. The zero-order valence-corrected chi connectivity index (χ0v) is 20.7. The van der Waals surface area contributed by atoms with Crippen molar-refractivity contribution in [1.29, 1.82) is 0 Å². The van der Waals surface area contributed by atoms with Crippen molar-refractivity contribution >= 4 is 10.0 Å². The third-order valence-electron chi connectivity index (χ3n) is 5.65. The lowest BCUT2D eigenvalue weighted by atomic mass is 10.0. The molecule has 0 saturated carbocycles. The molecule has 0 saturated heterocycles. The predicted molar refractivity (Wildman–Crippen MR) is 127 cm³/mol. The zero-order valence-electron chi connectivity index (χ0n) is 19.9. The Labute approximate surface area is 201 Å². The topological polar surface area (TPSA) is 116 Å². The van der Waals surface area contributed by atoms with Gasteiger partial charge >= 0.3 is 0 Å². The molecule has 0 unspecified atom stereocenters. The summed E-state index contributed by atoms with van der Waals surface area (Å²) in [5.74, 6) is 5.56. The number of aliphatic hydroxyl groups excluding tert-OH is 2. The maximum atomic E-state index is 13.5. The van der Waals surface area contributed by atoms with Gasteiger partial charge in [-0.2, -0.15) is 4.31 Å². The van der Waals surface area contributed by atoms with E-state index in [1.165, 1.54) is 16.7 Å². The molecule has 2 aromatic rings. The number of hydrogen-bond donors (Lipinski definition) is 2. The molecule has 0 radical (unpaired) electrons. The Morgan fingerprint density at radius 1 is 1.29 bits per heavy atom. The predicted octanol–water partition coefficient (Wildman–Crippen LogP) is 1.11. The molecule has 34 heavy (non-hydrogen) atoms. The summed E-state index contributed by atoms with van der Waals surface area (Å²) in [4.78, 5) is 10.2. The van der Waals surface area contributed by atoms with Crippen molar-refractivity contribution in [2.45, 2.75) is 50.5 Å². The average Bonchev–Trinajstić information content (AvgIpc) is 2.80. The number of hydrogen-bond acceptors (Lipinski definition) is 8. The van der Waals surface area contributed by atoms with Crippen molar-refractivity contribution in [3.63, 3.8) is 0 Å². The van der Waals surface area contributed by atoms with Crippen LogP contribution in [0.25, 0.3) is 0 Å². The van der Waals surface area contributed by atoms with Crippen LogP contribution in [0.1, 0.15) is 31.9 Å². The Morgan fingerprint density at radius 2 is 2.00 bits per heavy atom. The minimum atomic E-state index is -3.91. The molecule has 0 bridgehead atoms. The van der Waals surface area contributed by atoms with Crippen LogP contribution in [0, 0.1) is 17.8 Å². The first-order valence-corrected chi connectivity index (χ1v) is 12.6. The van der Waals surface area contributed by atoms with E-state index in [1.54, 1.807) is 38.4 Å². The van der Waals surface area contributed by atoms with Gasteiger partial charge in [0.25, 0.3) is 0 Å². The molecular weight excluding hydrogens is 456 g/mol. The summed E-state index contributed by atoms with van der Waals surface area (Å²) in [6, 6.07) is 4.08. The van der Waals surface area contributed by atoms with E-state index >= 15 is 0 Å². The largest absolute Gasteiger partial charge is 0.487 e. The molecule has 10 heteroatoms.